The van der Waals surface area contributed by atoms with Crippen LogP contribution < -0.4 is 5.32 Å². The monoisotopic (exact) mass is 413 g/mol. The Kier molecular flexibility index (Phi) is 7.16. The number of imidazole rings is 1. The first-order valence-electron chi connectivity index (χ1n) is 11.3. The molecular weight excluding hydrogens is 378 g/mol. The molecule has 1 aliphatic rings. The third kappa shape index (κ3) is 5.41. The second-order valence-corrected chi connectivity index (χ2v) is 9.58. The number of aromatic nitrogens is 2. The fourth-order valence-electron chi connectivity index (χ4n) is 4.45. The van der Waals surface area contributed by atoms with Crippen molar-refractivity contribution < 1.29 is 14.7 Å². The molecule has 1 amide bonds. The van der Waals surface area contributed by atoms with E-state index in [2.05, 4.69) is 23.7 Å². The van der Waals surface area contributed by atoms with Gasteiger partial charge >= 0.3 is 5.97 Å². The van der Waals surface area contributed by atoms with E-state index in [9.17, 15) is 14.7 Å². The summed E-state index contributed by atoms with van der Waals surface area (Å²) in [6.45, 7) is 9.20. The minimum absolute atomic E-state index is 0.179. The highest BCUT2D eigenvalue weighted by Crippen LogP contribution is 2.29. The first kappa shape index (κ1) is 22.3. The van der Waals surface area contributed by atoms with Crippen LogP contribution in [0.5, 0.6) is 0 Å². The van der Waals surface area contributed by atoms with E-state index >= 15 is 0 Å². The van der Waals surface area contributed by atoms with Crippen molar-refractivity contribution in [3.63, 3.8) is 0 Å². The van der Waals surface area contributed by atoms with Crippen molar-refractivity contribution in [2.75, 3.05) is 0 Å². The molecule has 0 saturated heterocycles. The Balaban J connectivity index is 1.87. The summed E-state index contributed by atoms with van der Waals surface area (Å²) < 4.78 is 2.30. The number of carbonyl (C=O) groups is 2. The average molecular weight is 414 g/mol. The number of hydrogen-bond donors (Lipinski definition) is 2. The third-order valence-corrected chi connectivity index (χ3v) is 5.89. The predicted octanol–water partition coefficient (Wildman–Crippen LogP) is 4.65. The lowest BCUT2D eigenvalue weighted by Gasteiger charge is -2.16. The van der Waals surface area contributed by atoms with Gasteiger partial charge in [0.2, 0.25) is 0 Å². The molecule has 1 saturated carbocycles. The summed E-state index contributed by atoms with van der Waals surface area (Å²) in [6.07, 6.45) is 6.53. The molecule has 30 heavy (non-hydrogen) atoms. The highest BCUT2D eigenvalue weighted by Gasteiger charge is 2.23. The topological polar surface area (TPSA) is 84.2 Å². The molecule has 2 N–H and O–H groups in total. The number of aliphatic carboxylic acids is 1. The number of fused-ring (bicyclic) bond motifs is 1. The maximum absolute atomic E-state index is 12.7. The summed E-state index contributed by atoms with van der Waals surface area (Å²) in [5.41, 5.74) is 2.32. The van der Waals surface area contributed by atoms with Crippen molar-refractivity contribution in [3.05, 3.63) is 29.6 Å². The number of rotatable bonds is 9. The number of hydrogen-bond acceptors (Lipinski definition) is 3. The van der Waals surface area contributed by atoms with Crippen molar-refractivity contribution >= 4 is 22.9 Å². The molecule has 1 atom stereocenters. The van der Waals surface area contributed by atoms with Gasteiger partial charge in [0.05, 0.1) is 11.0 Å². The van der Waals surface area contributed by atoms with Gasteiger partial charge in [0.25, 0.3) is 5.91 Å². The fourth-order valence-corrected chi connectivity index (χ4v) is 4.45. The van der Waals surface area contributed by atoms with E-state index in [1.165, 1.54) is 25.7 Å². The molecular formula is C24H35N3O3. The summed E-state index contributed by atoms with van der Waals surface area (Å²) in [5, 5.41) is 12.1. The quantitative estimate of drug-likeness (QED) is 0.626. The Bertz CT molecular complexity index is 894. The van der Waals surface area contributed by atoms with E-state index in [1.807, 2.05) is 19.9 Å². The molecule has 1 heterocycles. The van der Waals surface area contributed by atoms with Gasteiger partial charge in [-0.15, -0.1) is 0 Å². The number of carbonyl (C=O) groups excluding carboxylic acids is 1. The van der Waals surface area contributed by atoms with E-state index in [1.54, 1.807) is 12.1 Å². The molecule has 0 unspecified atom stereocenters. The van der Waals surface area contributed by atoms with Gasteiger partial charge in [-0.05, 0) is 42.4 Å². The summed E-state index contributed by atoms with van der Waals surface area (Å²) in [6, 6.07) is 4.65. The molecule has 3 rings (SSSR count). The van der Waals surface area contributed by atoms with Crippen LogP contribution in [0.2, 0.25) is 0 Å². The Labute approximate surface area is 179 Å². The van der Waals surface area contributed by atoms with Crippen LogP contribution in [0.15, 0.2) is 18.2 Å². The van der Waals surface area contributed by atoms with Crippen molar-refractivity contribution in [1.29, 1.82) is 0 Å². The molecule has 1 aliphatic carbocycles. The minimum Gasteiger partial charge on any atom is -0.480 e. The van der Waals surface area contributed by atoms with Crippen molar-refractivity contribution in [3.8, 4) is 0 Å². The van der Waals surface area contributed by atoms with Gasteiger partial charge in [0.1, 0.15) is 11.9 Å². The third-order valence-electron chi connectivity index (χ3n) is 5.89. The number of benzene rings is 1. The lowest BCUT2D eigenvalue weighted by molar-refractivity contribution is -0.139. The molecule has 0 bridgehead atoms. The predicted molar refractivity (Wildman–Crippen MR) is 119 cm³/mol. The van der Waals surface area contributed by atoms with E-state index in [-0.39, 0.29) is 11.8 Å². The van der Waals surface area contributed by atoms with Gasteiger partial charge < -0.3 is 15.0 Å². The average Bonchev–Trinajstić information content (AvgIpc) is 3.28. The number of nitrogens with one attached hydrogen (secondary N) is 1. The molecule has 164 valence electrons. The second-order valence-electron chi connectivity index (χ2n) is 9.58. The van der Waals surface area contributed by atoms with E-state index in [0.717, 1.165) is 29.8 Å². The lowest BCUT2D eigenvalue weighted by atomic mass is 10.0. The number of amides is 1. The van der Waals surface area contributed by atoms with Crippen LogP contribution in [0.4, 0.5) is 0 Å². The largest absolute Gasteiger partial charge is 0.480 e. The first-order valence-corrected chi connectivity index (χ1v) is 11.3. The Hall–Kier alpha value is -2.37. The lowest BCUT2D eigenvalue weighted by Crippen LogP contribution is -2.41. The molecule has 1 fully saturated rings. The normalized spacial score (nSPS) is 15.9. The zero-order chi connectivity index (χ0) is 21.8. The zero-order valence-corrected chi connectivity index (χ0v) is 18.6. The maximum atomic E-state index is 12.7. The smallest absolute Gasteiger partial charge is 0.326 e. The van der Waals surface area contributed by atoms with Gasteiger partial charge in [-0.25, -0.2) is 9.78 Å². The molecule has 2 aromatic rings. The van der Waals surface area contributed by atoms with Crippen LogP contribution >= 0.6 is 0 Å². The van der Waals surface area contributed by atoms with Crippen molar-refractivity contribution in [1.82, 2.24) is 14.9 Å². The number of carboxylic acid groups (broad SMARTS) is 1. The van der Waals surface area contributed by atoms with E-state index in [4.69, 9.17) is 4.98 Å². The highest BCUT2D eigenvalue weighted by molar-refractivity contribution is 5.99. The van der Waals surface area contributed by atoms with Gasteiger partial charge in [-0.1, -0.05) is 53.4 Å². The van der Waals surface area contributed by atoms with Crippen LogP contribution in [-0.2, 0) is 17.8 Å². The summed E-state index contributed by atoms with van der Waals surface area (Å²) >= 11 is 0. The van der Waals surface area contributed by atoms with Gasteiger partial charge in [0.15, 0.2) is 0 Å². The van der Waals surface area contributed by atoms with Crippen LogP contribution in [-0.4, -0.2) is 32.6 Å². The van der Waals surface area contributed by atoms with Crippen LogP contribution in [0.3, 0.4) is 0 Å². The summed E-state index contributed by atoms with van der Waals surface area (Å²) in [7, 11) is 0. The molecule has 1 aromatic heterocycles. The standard InChI is InChI=1S/C24H35N3O3/c1-15(2)11-20(24(29)30)26-23(28)18-9-10-21-19(13-18)25-22(27(21)14-16(3)4)12-17-7-5-6-8-17/h9-10,13,15-17,20H,5-8,11-12,14H2,1-4H3,(H,26,28)(H,29,30)/t20-/m0/s1. The van der Waals surface area contributed by atoms with E-state index in [0.29, 0.717) is 23.8 Å². The van der Waals surface area contributed by atoms with Crippen molar-refractivity contribution in [2.24, 2.45) is 17.8 Å². The molecule has 0 spiro atoms. The van der Waals surface area contributed by atoms with Crippen LogP contribution in [0.25, 0.3) is 11.0 Å². The molecule has 0 aliphatic heterocycles. The first-order chi connectivity index (χ1) is 14.2. The zero-order valence-electron chi connectivity index (χ0n) is 18.6. The molecule has 0 radical (unpaired) electrons. The molecule has 6 heteroatoms. The summed E-state index contributed by atoms with van der Waals surface area (Å²) in [5.74, 6) is 1.12. The van der Waals surface area contributed by atoms with Crippen LogP contribution in [0.1, 0.15) is 76.0 Å². The summed E-state index contributed by atoms with van der Waals surface area (Å²) in [4.78, 5) is 29.1. The van der Waals surface area contributed by atoms with E-state index < -0.39 is 12.0 Å². The second kappa shape index (κ2) is 9.63. The fraction of sp³-hybridized carbons (Fsp3) is 0.625. The number of nitrogens with zero attached hydrogens (tertiary/aromatic N) is 2. The van der Waals surface area contributed by atoms with Crippen LogP contribution in [0, 0.1) is 17.8 Å². The SMILES string of the molecule is CC(C)C[C@H](NC(=O)c1ccc2c(c1)nc(CC1CCCC1)n2CC(C)C)C(=O)O. The van der Waals surface area contributed by atoms with Gasteiger partial charge in [0, 0.05) is 18.5 Å². The number of carboxylic acids is 1. The maximum Gasteiger partial charge on any atom is 0.326 e. The van der Waals surface area contributed by atoms with Gasteiger partial charge in [-0.2, -0.15) is 0 Å². The molecule has 1 aromatic carbocycles. The highest BCUT2D eigenvalue weighted by atomic mass is 16.4. The Morgan fingerprint density at radius 3 is 2.47 bits per heavy atom. The van der Waals surface area contributed by atoms with Gasteiger partial charge in [-0.3, -0.25) is 4.79 Å². The van der Waals surface area contributed by atoms with Crippen molar-refractivity contribution in [2.45, 2.75) is 78.8 Å². The Morgan fingerprint density at radius 1 is 1.17 bits per heavy atom. The minimum atomic E-state index is -1.00. The molecule has 6 nitrogen and oxygen atoms in total. The Morgan fingerprint density at radius 2 is 1.87 bits per heavy atom.